The third kappa shape index (κ3) is 4.31. The summed E-state index contributed by atoms with van der Waals surface area (Å²) in [7, 11) is 1.55. The van der Waals surface area contributed by atoms with Gasteiger partial charge in [0, 0.05) is 0 Å². The number of hydrogen-bond donors (Lipinski definition) is 1. The van der Waals surface area contributed by atoms with E-state index in [0.717, 1.165) is 5.56 Å². The number of amidine groups is 1. The zero-order valence-corrected chi connectivity index (χ0v) is 17.3. The number of benzene rings is 2. The topological polar surface area (TPSA) is 71.0 Å². The van der Waals surface area contributed by atoms with Crippen molar-refractivity contribution in [1.82, 2.24) is 0 Å². The normalized spacial score (nSPS) is 14.6. The van der Waals surface area contributed by atoms with E-state index in [0.29, 0.717) is 27.3 Å². The van der Waals surface area contributed by atoms with Crippen molar-refractivity contribution in [2.24, 2.45) is 4.99 Å². The summed E-state index contributed by atoms with van der Waals surface area (Å²) in [5.74, 6) is 0.195. The summed E-state index contributed by atoms with van der Waals surface area (Å²) in [6.45, 7) is 3.74. The number of hydrogen-bond acceptors (Lipinski definition) is 5. The van der Waals surface area contributed by atoms with Gasteiger partial charge in [0.25, 0.3) is 5.91 Å². The number of carbonyl (C=O) groups excluding carboxylic acids is 2. The number of methoxy groups -OCH3 is 1. The van der Waals surface area contributed by atoms with Crippen molar-refractivity contribution < 1.29 is 14.3 Å². The Morgan fingerprint density at radius 3 is 2.79 bits per heavy atom. The minimum Gasteiger partial charge on any atom is -0.495 e. The molecule has 0 unspecified atom stereocenters. The average molecular weight is 418 g/mol. The van der Waals surface area contributed by atoms with Gasteiger partial charge in [-0.05, 0) is 43.7 Å². The number of halogens is 1. The highest BCUT2D eigenvalue weighted by Crippen LogP contribution is 2.32. The summed E-state index contributed by atoms with van der Waals surface area (Å²) in [5.41, 5.74) is 2.17. The van der Waals surface area contributed by atoms with Crippen molar-refractivity contribution in [2.45, 2.75) is 19.1 Å². The molecule has 2 aromatic carbocycles. The van der Waals surface area contributed by atoms with Crippen molar-refractivity contribution in [2.75, 3.05) is 23.9 Å². The van der Waals surface area contributed by atoms with Crippen LogP contribution in [0.5, 0.6) is 5.75 Å². The summed E-state index contributed by atoms with van der Waals surface area (Å²) in [5, 5.41) is 3.30. The first-order chi connectivity index (χ1) is 13.4. The zero-order valence-electron chi connectivity index (χ0n) is 15.7. The van der Waals surface area contributed by atoms with Gasteiger partial charge in [-0.2, -0.15) is 0 Å². The number of nitrogens with zero attached hydrogens (tertiary/aromatic N) is 2. The Hall–Kier alpha value is -2.51. The fourth-order valence-corrected chi connectivity index (χ4v) is 3.86. The Bertz CT molecular complexity index is 948. The summed E-state index contributed by atoms with van der Waals surface area (Å²) in [6.07, 6.45) is 0. The van der Waals surface area contributed by atoms with E-state index in [4.69, 9.17) is 16.3 Å². The maximum atomic E-state index is 12.7. The molecule has 2 aromatic rings. The minimum atomic E-state index is -0.486. The molecular weight excluding hydrogens is 398 g/mol. The fraction of sp³-hybridized carbons (Fsp3) is 0.250. The van der Waals surface area contributed by atoms with Gasteiger partial charge in [-0.25, -0.2) is 0 Å². The predicted molar refractivity (Wildman–Crippen MR) is 115 cm³/mol. The number of nitrogens with one attached hydrogen (secondary N) is 1. The van der Waals surface area contributed by atoms with Crippen LogP contribution >= 0.6 is 23.4 Å². The van der Waals surface area contributed by atoms with E-state index in [-0.39, 0.29) is 18.4 Å². The van der Waals surface area contributed by atoms with Crippen molar-refractivity contribution in [1.29, 1.82) is 0 Å². The highest BCUT2D eigenvalue weighted by molar-refractivity contribution is 8.15. The molecule has 0 fully saturated rings. The molecule has 6 nitrogen and oxygen atoms in total. The summed E-state index contributed by atoms with van der Waals surface area (Å²) in [4.78, 5) is 30.8. The third-order valence-electron chi connectivity index (χ3n) is 4.15. The number of rotatable bonds is 5. The van der Waals surface area contributed by atoms with E-state index in [1.807, 2.05) is 25.1 Å². The number of para-hydroxylation sites is 1. The highest BCUT2D eigenvalue weighted by Gasteiger charge is 2.31. The zero-order chi connectivity index (χ0) is 20.3. The van der Waals surface area contributed by atoms with Crippen molar-refractivity contribution in [3.63, 3.8) is 0 Å². The van der Waals surface area contributed by atoms with Gasteiger partial charge in [0.05, 0.1) is 28.8 Å². The van der Waals surface area contributed by atoms with Gasteiger partial charge in [0.2, 0.25) is 5.91 Å². The van der Waals surface area contributed by atoms with Gasteiger partial charge in [-0.15, -0.1) is 0 Å². The SMILES string of the molecule is COc1ccc(C)cc1NC(=O)[C@@H](C)SC1=NCC(=O)N1c1ccccc1Cl. The van der Waals surface area contributed by atoms with Crippen molar-refractivity contribution in [3.8, 4) is 5.75 Å². The quantitative estimate of drug-likeness (QED) is 0.794. The monoisotopic (exact) mass is 417 g/mol. The second kappa shape index (κ2) is 8.67. The third-order valence-corrected chi connectivity index (χ3v) is 5.56. The maximum absolute atomic E-state index is 12.7. The van der Waals surface area contributed by atoms with Crippen LogP contribution in [0.15, 0.2) is 47.5 Å². The number of ether oxygens (including phenoxy) is 1. The smallest absolute Gasteiger partial charge is 0.254 e. The van der Waals surface area contributed by atoms with Crippen LogP contribution in [0.1, 0.15) is 12.5 Å². The lowest BCUT2D eigenvalue weighted by Gasteiger charge is -2.21. The molecule has 8 heteroatoms. The van der Waals surface area contributed by atoms with Crippen LogP contribution in [0.3, 0.4) is 0 Å². The summed E-state index contributed by atoms with van der Waals surface area (Å²) < 4.78 is 5.30. The Kier molecular flexibility index (Phi) is 6.26. The lowest BCUT2D eigenvalue weighted by atomic mass is 10.2. The Labute approximate surface area is 172 Å². The minimum absolute atomic E-state index is 0.0353. The Morgan fingerprint density at radius 1 is 1.32 bits per heavy atom. The molecule has 2 amide bonds. The summed E-state index contributed by atoms with van der Waals surface area (Å²) >= 11 is 7.45. The van der Waals surface area contributed by atoms with Gasteiger partial charge in [0.15, 0.2) is 5.17 Å². The largest absolute Gasteiger partial charge is 0.495 e. The molecule has 146 valence electrons. The molecule has 1 aliphatic heterocycles. The Morgan fingerprint density at radius 2 is 2.07 bits per heavy atom. The fourth-order valence-electron chi connectivity index (χ4n) is 2.71. The van der Waals surface area contributed by atoms with Crippen LogP contribution < -0.4 is 15.0 Å². The number of amides is 2. The van der Waals surface area contributed by atoms with Gasteiger partial charge in [-0.3, -0.25) is 19.5 Å². The van der Waals surface area contributed by atoms with Crippen molar-refractivity contribution in [3.05, 3.63) is 53.1 Å². The Balaban J connectivity index is 1.74. The number of anilines is 2. The van der Waals surface area contributed by atoms with Gasteiger partial charge >= 0.3 is 0 Å². The molecule has 1 N–H and O–H groups in total. The molecule has 0 bridgehead atoms. The molecular formula is C20H20ClN3O3S. The second-order valence-electron chi connectivity index (χ2n) is 6.23. The molecule has 0 radical (unpaired) electrons. The van der Waals surface area contributed by atoms with Crippen LogP contribution in [0.4, 0.5) is 11.4 Å². The summed E-state index contributed by atoms with van der Waals surface area (Å²) in [6, 6.07) is 12.6. The first-order valence-corrected chi connectivity index (χ1v) is 9.90. The molecule has 0 spiro atoms. The van der Waals surface area contributed by atoms with Crippen LogP contribution in [0.25, 0.3) is 0 Å². The number of aryl methyl sites for hydroxylation is 1. The molecule has 0 aromatic heterocycles. The van der Waals surface area contributed by atoms with E-state index in [1.54, 1.807) is 38.3 Å². The van der Waals surface area contributed by atoms with Crippen LogP contribution in [0, 0.1) is 6.92 Å². The van der Waals surface area contributed by atoms with E-state index < -0.39 is 5.25 Å². The van der Waals surface area contributed by atoms with E-state index in [1.165, 1.54) is 16.7 Å². The molecule has 0 saturated carbocycles. The van der Waals surface area contributed by atoms with Gasteiger partial charge in [0.1, 0.15) is 12.3 Å². The number of aliphatic imine (C=N–C) groups is 1. The number of thioether (sulfide) groups is 1. The first kappa shape index (κ1) is 20.2. The maximum Gasteiger partial charge on any atom is 0.254 e. The lowest BCUT2D eigenvalue weighted by molar-refractivity contribution is -0.116. The van der Waals surface area contributed by atoms with E-state index in [2.05, 4.69) is 10.3 Å². The van der Waals surface area contributed by atoms with Gasteiger partial charge in [-0.1, -0.05) is 41.6 Å². The van der Waals surface area contributed by atoms with E-state index in [9.17, 15) is 9.59 Å². The molecule has 28 heavy (non-hydrogen) atoms. The second-order valence-corrected chi connectivity index (χ2v) is 7.95. The van der Waals surface area contributed by atoms with Gasteiger partial charge < -0.3 is 10.1 Å². The molecule has 1 atom stereocenters. The molecule has 1 aliphatic rings. The molecule has 1 heterocycles. The number of carbonyl (C=O) groups is 2. The predicted octanol–water partition coefficient (Wildman–Crippen LogP) is 4.12. The average Bonchev–Trinajstić information content (AvgIpc) is 3.02. The molecule has 3 rings (SSSR count). The van der Waals surface area contributed by atoms with Crippen LogP contribution in [-0.4, -0.2) is 35.9 Å². The molecule has 0 saturated heterocycles. The van der Waals surface area contributed by atoms with Crippen molar-refractivity contribution >= 4 is 51.7 Å². The van der Waals surface area contributed by atoms with E-state index >= 15 is 0 Å². The van der Waals surface area contributed by atoms with Crippen LogP contribution in [0.2, 0.25) is 5.02 Å². The standard InChI is InChI=1S/C20H20ClN3O3S/c1-12-8-9-17(27-3)15(10-12)23-19(26)13(2)28-20-22-11-18(25)24(20)16-7-5-4-6-14(16)21/h4-10,13H,11H2,1-3H3,(H,23,26)/t13-/m1/s1. The first-order valence-electron chi connectivity index (χ1n) is 8.65. The molecule has 0 aliphatic carbocycles. The van der Waals surface area contributed by atoms with Crippen LogP contribution in [-0.2, 0) is 9.59 Å². The highest BCUT2D eigenvalue weighted by atomic mass is 35.5. The lowest BCUT2D eigenvalue weighted by Crippen LogP contribution is -2.33.